The third-order valence-corrected chi connectivity index (χ3v) is 2.94. The smallest absolute Gasteiger partial charge is 0.0672 e. The molecular formula is C16H25NO. The van der Waals surface area contributed by atoms with E-state index in [0.717, 1.165) is 18.7 Å². The molecule has 1 atom stereocenters. The van der Waals surface area contributed by atoms with Crippen molar-refractivity contribution in [2.75, 3.05) is 19.8 Å². The molecule has 1 aromatic rings. The Bertz CT molecular complexity index is 398. The predicted molar refractivity (Wildman–Crippen MR) is 78.0 cm³/mol. The Morgan fingerprint density at radius 3 is 2.72 bits per heavy atom. The van der Waals surface area contributed by atoms with Crippen molar-refractivity contribution in [3.8, 4) is 0 Å². The molecule has 2 nitrogen and oxygen atoms in total. The summed E-state index contributed by atoms with van der Waals surface area (Å²) in [6.45, 7) is 14.5. The largest absolute Gasteiger partial charge is 0.376 e. The maximum atomic E-state index is 5.47. The number of rotatable bonds is 7. The van der Waals surface area contributed by atoms with Crippen LogP contribution in [-0.4, -0.2) is 19.8 Å². The molecule has 1 unspecified atom stereocenters. The van der Waals surface area contributed by atoms with Crippen molar-refractivity contribution in [1.82, 2.24) is 5.32 Å². The predicted octanol–water partition coefficient (Wildman–Crippen LogP) is 3.55. The standard InChI is InChI=1S/C16H25NO/c1-12(2)11-18-9-8-17-15(5)16-7-6-13(3)10-14(16)4/h6-7,10,15,17H,1,8-9,11H2,2-5H3. The highest BCUT2D eigenvalue weighted by Gasteiger charge is 2.07. The van der Waals surface area contributed by atoms with Gasteiger partial charge in [0, 0.05) is 12.6 Å². The van der Waals surface area contributed by atoms with Crippen LogP contribution in [0, 0.1) is 13.8 Å². The molecule has 0 bridgehead atoms. The summed E-state index contributed by atoms with van der Waals surface area (Å²) in [4.78, 5) is 0. The van der Waals surface area contributed by atoms with Gasteiger partial charge in [-0.15, -0.1) is 0 Å². The zero-order valence-corrected chi connectivity index (χ0v) is 12.0. The van der Waals surface area contributed by atoms with Gasteiger partial charge in [0.25, 0.3) is 0 Å². The molecule has 0 aliphatic heterocycles. The number of ether oxygens (including phenoxy) is 1. The molecule has 0 aliphatic carbocycles. The van der Waals surface area contributed by atoms with Gasteiger partial charge in [0.05, 0.1) is 13.2 Å². The van der Waals surface area contributed by atoms with E-state index in [9.17, 15) is 0 Å². The average molecular weight is 247 g/mol. The van der Waals surface area contributed by atoms with Crippen LogP contribution < -0.4 is 5.32 Å². The second-order valence-electron chi connectivity index (χ2n) is 5.05. The number of aryl methyl sites for hydroxylation is 2. The van der Waals surface area contributed by atoms with Crippen molar-refractivity contribution in [3.63, 3.8) is 0 Å². The summed E-state index contributed by atoms with van der Waals surface area (Å²) in [5.41, 5.74) is 5.09. The minimum absolute atomic E-state index is 0.360. The molecule has 0 saturated carbocycles. The topological polar surface area (TPSA) is 21.3 Å². The Morgan fingerprint density at radius 2 is 2.11 bits per heavy atom. The van der Waals surface area contributed by atoms with Crippen molar-refractivity contribution in [3.05, 3.63) is 47.0 Å². The molecule has 0 aromatic heterocycles. The summed E-state index contributed by atoms with van der Waals surface area (Å²) in [5.74, 6) is 0. The van der Waals surface area contributed by atoms with Gasteiger partial charge >= 0.3 is 0 Å². The first-order chi connectivity index (χ1) is 8.50. The third kappa shape index (κ3) is 5.03. The van der Waals surface area contributed by atoms with Gasteiger partial charge in [0.1, 0.15) is 0 Å². The van der Waals surface area contributed by atoms with Crippen LogP contribution >= 0.6 is 0 Å². The quantitative estimate of drug-likeness (QED) is 0.588. The molecular weight excluding hydrogens is 222 g/mol. The maximum absolute atomic E-state index is 5.47. The molecule has 0 radical (unpaired) electrons. The van der Waals surface area contributed by atoms with E-state index >= 15 is 0 Å². The van der Waals surface area contributed by atoms with Crippen LogP contribution in [0.3, 0.4) is 0 Å². The Morgan fingerprint density at radius 1 is 1.39 bits per heavy atom. The summed E-state index contributed by atoms with van der Waals surface area (Å²) in [6, 6.07) is 6.96. The Labute approximate surface area is 111 Å². The molecule has 0 fully saturated rings. The Hall–Kier alpha value is -1.12. The van der Waals surface area contributed by atoms with E-state index in [0.29, 0.717) is 12.6 Å². The fraction of sp³-hybridized carbons (Fsp3) is 0.500. The molecule has 0 saturated heterocycles. The van der Waals surface area contributed by atoms with E-state index in [4.69, 9.17) is 4.74 Å². The van der Waals surface area contributed by atoms with Gasteiger partial charge in [-0.2, -0.15) is 0 Å². The van der Waals surface area contributed by atoms with Crippen LogP contribution in [0.15, 0.2) is 30.4 Å². The second-order valence-corrected chi connectivity index (χ2v) is 5.05. The molecule has 0 amide bonds. The lowest BCUT2D eigenvalue weighted by Crippen LogP contribution is -2.24. The van der Waals surface area contributed by atoms with Gasteiger partial charge in [0.2, 0.25) is 0 Å². The summed E-state index contributed by atoms with van der Waals surface area (Å²) < 4.78 is 5.47. The molecule has 1 aromatic carbocycles. The van der Waals surface area contributed by atoms with Crippen LogP contribution in [0.4, 0.5) is 0 Å². The zero-order valence-electron chi connectivity index (χ0n) is 12.0. The molecule has 18 heavy (non-hydrogen) atoms. The van der Waals surface area contributed by atoms with Crippen molar-refractivity contribution < 1.29 is 4.74 Å². The van der Waals surface area contributed by atoms with Crippen LogP contribution in [0.25, 0.3) is 0 Å². The van der Waals surface area contributed by atoms with Crippen LogP contribution in [0.5, 0.6) is 0 Å². The lowest BCUT2D eigenvalue weighted by atomic mass is 10.0. The minimum atomic E-state index is 0.360. The number of hydrogen-bond donors (Lipinski definition) is 1. The molecule has 0 aliphatic rings. The highest BCUT2D eigenvalue weighted by molar-refractivity contribution is 5.32. The lowest BCUT2D eigenvalue weighted by Gasteiger charge is -2.17. The molecule has 0 spiro atoms. The monoisotopic (exact) mass is 247 g/mol. The second kappa shape index (κ2) is 7.34. The summed E-state index contributed by atoms with van der Waals surface area (Å²) in [6.07, 6.45) is 0. The number of benzene rings is 1. The van der Waals surface area contributed by atoms with E-state index in [2.05, 4.69) is 50.9 Å². The van der Waals surface area contributed by atoms with Gasteiger partial charge in [-0.3, -0.25) is 0 Å². The lowest BCUT2D eigenvalue weighted by molar-refractivity contribution is 0.156. The molecule has 1 N–H and O–H groups in total. The molecule has 100 valence electrons. The molecule has 1 rings (SSSR count). The maximum Gasteiger partial charge on any atom is 0.0672 e. The third-order valence-electron chi connectivity index (χ3n) is 2.94. The van der Waals surface area contributed by atoms with Gasteiger partial charge < -0.3 is 10.1 Å². The van der Waals surface area contributed by atoms with Crippen LogP contribution in [0.1, 0.15) is 36.6 Å². The average Bonchev–Trinajstić information content (AvgIpc) is 2.27. The first-order valence-electron chi connectivity index (χ1n) is 6.53. The summed E-state index contributed by atoms with van der Waals surface area (Å²) >= 11 is 0. The van der Waals surface area contributed by atoms with Gasteiger partial charge in [-0.05, 0) is 38.8 Å². The van der Waals surface area contributed by atoms with Crippen molar-refractivity contribution in [2.45, 2.75) is 33.7 Å². The van der Waals surface area contributed by atoms with E-state index in [1.165, 1.54) is 16.7 Å². The number of nitrogens with one attached hydrogen (secondary N) is 1. The van der Waals surface area contributed by atoms with Crippen LogP contribution in [0.2, 0.25) is 0 Å². The Kier molecular flexibility index (Phi) is 6.10. The van der Waals surface area contributed by atoms with Gasteiger partial charge in [0.15, 0.2) is 0 Å². The van der Waals surface area contributed by atoms with E-state index in [1.54, 1.807) is 0 Å². The van der Waals surface area contributed by atoms with Gasteiger partial charge in [-0.25, -0.2) is 0 Å². The van der Waals surface area contributed by atoms with Crippen molar-refractivity contribution in [2.24, 2.45) is 0 Å². The first-order valence-corrected chi connectivity index (χ1v) is 6.53. The van der Waals surface area contributed by atoms with E-state index in [1.807, 2.05) is 6.92 Å². The highest BCUT2D eigenvalue weighted by Crippen LogP contribution is 2.18. The Balaban J connectivity index is 2.36. The first kappa shape index (κ1) is 14.9. The minimum Gasteiger partial charge on any atom is -0.376 e. The SMILES string of the molecule is C=C(C)COCCNC(C)c1ccc(C)cc1C. The van der Waals surface area contributed by atoms with E-state index < -0.39 is 0 Å². The zero-order chi connectivity index (χ0) is 13.5. The number of hydrogen-bond acceptors (Lipinski definition) is 2. The molecule has 0 heterocycles. The van der Waals surface area contributed by atoms with Gasteiger partial charge in [-0.1, -0.05) is 35.9 Å². The van der Waals surface area contributed by atoms with E-state index in [-0.39, 0.29) is 0 Å². The van der Waals surface area contributed by atoms with Crippen molar-refractivity contribution in [1.29, 1.82) is 0 Å². The summed E-state index contributed by atoms with van der Waals surface area (Å²) in [5, 5.41) is 3.48. The fourth-order valence-corrected chi connectivity index (χ4v) is 2.02. The molecule has 2 heteroatoms. The normalized spacial score (nSPS) is 12.4. The van der Waals surface area contributed by atoms with Crippen molar-refractivity contribution >= 4 is 0 Å². The van der Waals surface area contributed by atoms with Crippen LogP contribution in [-0.2, 0) is 4.74 Å². The fourth-order valence-electron chi connectivity index (χ4n) is 2.02. The summed E-state index contributed by atoms with van der Waals surface area (Å²) in [7, 11) is 0. The highest BCUT2D eigenvalue weighted by atomic mass is 16.5.